The van der Waals surface area contributed by atoms with Crippen LogP contribution in [0.25, 0.3) is 0 Å². The lowest BCUT2D eigenvalue weighted by atomic mass is 9.85. The van der Waals surface area contributed by atoms with Crippen molar-refractivity contribution in [2.75, 3.05) is 42.5 Å². The molecule has 0 aliphatic carbocycles. The lowest BCUT2D eigenvalue weighted by Crippen LogP contribution is -2.37. The van der Waals surface area contributed by atoms with E-state index in [1.165, 1.54) is 24.1 Å². The molecule has 1 atom stereocenters. The van der Waals surface area contributed by atoms with Crippen molar-refractivity contribution >= 4 is 23.6 Å². The van der Waals surface area contributed by atoms with Crippen molar-refractivity contribution in [1.29, 1.82) is 0 Å². The maximum absolute atomic E-state index is 13.5. The van der Waals surface area contributed by atoms with Crippen molar-refractivity contribution in [3.05, 3.63) is 71.5 Å². The monoisotopic (exact) mass is 488 g/mol. The van der Waals surface area contributed by atoms with E-state index in [0.717, 1.165) is 21.8 Å². The van der Waals surface area contributed by atoms with Crippen LogP contribution in [0.4, 0.5) is 24.8 Å². The maximum Gasteiger partial charge on any atom is 0.416 e. The number of halogens is 3. The van der Waals surface area contributed by atoms with Crippen molar-refractivity contribution in [1.82, 2.24) is 9.97 Å². The van der Waals surface area contributed by atoms with Gasteiger partial charge in [-0.05, 0) is 54.3 Å². The Morgan fingerprint density at radius 2 is 1.74 bits per heavy atom. The molecule has 2 aliphatic heterocycles. The molecule has 10 heteroatoms. The van der Waals surface area contributed by atoms with Gasteiger partial charge in [0.15, 0.2) is 0 Å². The highest BCUT2D eigenvalue weighted by atomic mass is 32.2. The molecule has 0 spiro atoms. The first-order valence-electron chi connectivity index (χ1n) is 11.0. The number of hydrogen-bond donors (Lipinski definition) is 1. The van der Waals surface area contributed by atoms with Crippen LogP contribution < -0.4 is 14.4 Å². The quantitative estimate of drug-likeness (QED) is 0.485. The summed E-state index contributed by atoms with van der Waals surface area (Å²) >= 11 is 1.37. The lowest BCUT2D eigenvalue weighted by Gasteiger charge is -2.34. The third-order valence-electron chi connectivity index (χ3n) is 5.94. The van der Waals surface area contributed by atoms with Crippen LogP contribution in [-0.2, 0) is 10.9 Å². The molecule has 3 heterocycles. The highest BCUT2D eigenvalue weighted by Crippen LogP contribution is 2.44. The molecule has 0 saturated carbocycles. The first-order chi connectivity index (χ1) is 16.5. The minimum Gasteiger partial charge on any atom is -0.493 e. The molecule has 1 unspecified atom stereocenters. The van der Waals surface area contributed by atoms with Crippen molar-refractivity contribution in [3.63, 3.8) is 0 Å². The fraction of sp³-hybridized carbons (Fsp3) is 0.333. The van der Waals surface area contributed by atoms with Gasteiger partial charge in [0.2, 0.25) is 5.95 Å². The minimum absolute atomic E-state index is 0.0617. The summed E-state index contributed by atoms with van der Waals surface area (Å²) in [6, 6.07) is 11.8. The number of alkyl halides is 3. The van der Waals surface area contributed by atoms with Crippen LogP contribution in [0.5, 0.6) is 5.75 Å². The molecule has 0 amide bonds. The third kappa shape index (κ3) is 4.92. The molecule has 3 aromatic rings. The molecule has 1 fully saturated rings. The predicted octanol–water partition coefficient (Wildman–Crippen LogP) is 5.37. The molecule has 0 bridgehead atoms. The molecular formula is C24H23F3N4O2S. The molecular weight excluding hydrogens is 465 g/mol. The smallest absolute Gasteiger partial charge is 0.416 e. The number of benzene rings is 2. The van der Waals surface area contributed by atoms with Crippen molar-refractivity contribution in [2.24, 2.45) is 0 Å². The molecule has 178 valence electrons. The van der Waals surface area contributed by atoms with E-state index in [4.69, 9.17) is 9.47 Å². The van der Waals surface area contributed by atoms with Crippen molar-refractivity contribution in [2.45, 2.75) is 23.4 Å². The van der Waals surface area contributed by atoms with Gasteiger partial charge in [-0.2, -0.15) is 13.2 Å². The Morgan fingerprint density at radius 1 is 0.971 bits per heavy atom. The Bertz CT molecular complexity index is 1140. The van der Waals surface area contributed by atoms with Crippen LogP contribution in [0.15, 0.2) is 59.8 Å². The number of nitrogens with zero attached hydrogens (tertiary/aromatic N) is 3. The van der Waals surface area contributed by atoms with Gasteiger partial charge in [0.25, 0.3) is 0 Å². The average molecular weight is 489 g/mol. The first kappa shape index (κ1) is 22.8. The van der Waals surface area contributed by atoms with Gasteiger partial charge in [0.1, 0.15) is 5.75 Å². The van der Waals surface area contributed by atoms with Gasteiger partial charge >= 0.3 is 6.18 Å². The van der Waals surface area contributed by atoms with E-state index in [1.54, 1.807) is 24.5 Å². The number of fused-ring (bicyclic) bond motifs is 1. The summed E-state index contributed by atoms with van der Waals surface area (Å²) in [6.45, 7) is 2.61. The van der Waals surface area contributed by atoms with Crippen molar-refractivity contribution in [3.8, 4) is 5.75 Å². The Hall–Kier alpha value is -2.98. The van der Waals surface area contributed by atoms with Gasteiger partial charge < -0.3 is 14.4 Å². The summed E-state index contributed by atoms with van der Waals surface area (Å²) in [6.07, 6.45) is -0.383. The molecule has 5 rings (SSSR count). The number of hydrogen-bond acceptors (Lipinski definition) is 7. The van der Waals surface area contributed by atoms with Gasteiger partial charge in [0.05, 0.1) is 25.4 Å². The molecule has 1 saturated heterocycles. The summed E-state index contributed by atoms with van der Waals surface area (Å²) in [5, 5.41) is 0. The van der Waals surface area contributed by atoms with E-state index >= 15 is 0 Å². The number of anilines is 2. The number of aromatic nitrogens is 2. The second kappa shape index (κ2) is 9.71. The Balaban J connectivity index is 1.45. The zero-order valence-electron chi connectivity index (χ0n) is 18.2. The maximum atomic E-state index is 13.5. The molecule has 1 aromatic heterocycles. The molecule has 0 radical (unpaired) electrons. The second-order valence-electron chi connectivity index (χ2n) is 8.04. The van der Waals surface area contributed by atoms with Crippen LogP contribution in [-0.4, -0.2) is 42.9 Å². The summed E-state index contributed by atoms with van der Waals surface area (Å²) in [5.74, 6) is 1.18. The number of ether oxygens (including phenoxy) is 2. The van der Waals surface area contributed by atoms with Crippen molar-refractivity contribution < 1.29 is 22.6 Å². The number of rotatable bonds is 5. The topological polar surface area (TPSA) is 59.5 Å². The van der Waals surface area contributed by atoms with E-state index in [-0.39, 0.29) is 5.92 Å². The third-order valence-corrected chi connectivity index (χ3v) is 6.71. The molecule has 2 aliphatic rings. The summed E-state index contributed by atoms with van der Waals surface area (Å²) in [7, 11) is 0. The molecule has 1 N–H and O–H groups in total. The van der Waals surface area contributed by atoms with Crippen LogP contribution in [0.3, 0.4) is 0 Å². The fourth-order valence-electron chi connectivity index (χ4n) is 4.31. The van der Waals surface area contributed by atoms with Gasteiger partial charge in [0, 0.05) is 47.5 Å². The van der Waals surface area contributed by atoms with Crippen LogP contribution in [0.2, 0.25) is 0 Å². The Labute approximate surface area is 199 Å². The lowest BCUT2D eigenvalue weighted by molar-refractivity contribution is -0.137. The molecule has 2 aromatic carbocycles. The highest BCUT2D eigenvalue weighted by Gasteiger charge is 2.34. The van der Waals surface area contributed by atoms with Crippen LogP contribution in [0.1, 0.15) is 29.0 Å². The second-order valence-corrected chi connectivity index (χ2v) is 8.92. The minimum atomic E-state index is -4.39. The summed E-state index contributed by atoms with van der Waals surface area (Å²) < 4.78 is 55.0. The molecule has 6 nitrogen and oxygen atoms in total. The SMILES string of the molecule is FC(F)(F)c1ccc(C2CCOc3cc(SNc4ncccn4)ccc32)c(N2CCOCC2)c1. The predicted molar refractivity (Wildman–Crippen MR) is 124 cm³/mol. The van der Waals surface area contributed by atoms with Crippen LogP contribution >= 0.6 is 11.9 Å². The van der Waals surface area contributed by atoms with E-state index in [0.29, 0.717) is 51.0 Å². The van der Waals surface area contributed by atoms with Gasteiger partial charge in [-0.3, -0.25) is 4.72 Å². The first-order valence-corrected chi connectivity index (χ1v) is 11.8. The van der Waals surface area contributed by atoms with E-state index in [2.05, 4.69) is 14.7 Å². The number of morpholine rings is 1. The van der Waals surface area contributed by atoms with Gasteiger partial charge in [-0.1, -0.05) is 12.1 Å². The summed E-state index contributed by atoms with van der Waals surface area (Å²) in [4.78, 5) is 11.2. The highest BCUT2D eigenvalue weighted by molar-refractivity contribution is 8.00. The zero-order chi connectivity index (χ0) is 23.5. The fourth-order valence-corrected chi connectivity index (χ4v) is 4.92. The van der Waals surface area contributed by atoms with Gasteiger partial charge in [-0.25, -0.2) is 9.97 Å². The zero-order valence-corrected chi connectivity index (χ0v) is 19.0. The normalized spacial score (nSPS) is 18.2. The Morgan fingerprint density at radius 3 is 2.50 bits per heavy atom. The van der Waals surface area contributed by atoms with Crippen LogP contribution in [0, 0.1) is 0 Å². The standard InChI is InChI=1S/C24H23F3N4O2S/c25-24(26,27)16-2-4-19(21(14-16)31-9-12-32-13-10-31)18-6-11-33-22-15-17(3-5-20(18)22)34-30-23-28-7-1-8-29-23/h1-5,7-8,14-15,18H,6,9-13H2,(H,28,29,30). The summed E-state index contributed by atoms with van der Waals surface area (Å²) in [5.41, 5.74) is 1.85. The van der Waals surface area contributed by atoms with Gasteiger partial charge in [-0.15, -0.1) is 0 Å². The number of nitrogens with one attached hydrogen (secondary N) is 1. The molecule has 34 heavy (non-hydrogen) atoms. The Kier molecular flexibility index (Phi) is 6.51. The average Bonchev–Trinajstić information content (AvgIpc) is 2.87. The van der Waals surface area contributed by atoms with E-state index < -0.39 is 11.7 Å². The van der Waals surface area contributed by atoms with E-state index in [9.17, 15) is 13.2 Å². The largest absolute Gasteiger partial charge is 0.493 e. The van der Waals surface area contributed by atoms with E-state index in [1.807, 2.05) is 23.1 Å².